The summed E-state index contributed by atoms with van der Waals surface area (Å²) in [7, 11) is 0. The number of benzene rings is 1. The first-order valence-corrected chi connectivity index (χ1v) is 8.36. The summed E-state index contributed by atoms with van der Waals surface area (Å²) in [5.41, 5.74) is 2.64. The zero-order valence-electron chi connectivity index (χ0n) is 12.4. The van der Waals surface area contributed by atoms with Crippen LogP contribution < -0.4 is 5.32 Å². The summed E-state index contributed by atoms with van der Waals surface area (Å²) in [6, 6.07) is 7.16. The van der Waals surface area contributed by atoms with Crippen LogP contribution in [0.5, 0.6) is 0 Å². The highest BCUT2D eigenvalue weighted by molar-refractivity contribution is 9.10. The molecule has 0 aliphatic heterocycles. The Bertz CT molecular complexity index is 414. The van der Waals surface area contributed by atoms with Crippen molar-refractivity contribution in [2.24, 2.45) is 11.8 Å². The minimum atomic E-state index is 0.658. The van der Waals surface area contributed by atoms with E-state index in [1.807, 2.05) is 0 Å². The smallest absolute Gasteiger partial charge is 0.0383 e. The van der Waals surface area contributed by atoms with Crippen LogP contribution in [0.4, 0.5) is 5.69 Å². The van der Waals surface area contributed by atoms with Crippen LogP contribution in [0.15, 0.2) is 22.7 Å². The van der Waals surface area contributed by atoms with Gasteiger partial charge in [0.1, 0.15) is 0 Å². The normalized spacial score (nSPS) is 23.6. The first kappa shape index (κ1) is 14.9. The lowest BCUT2D eigenvalue weighted by molar-refractivity contribution is 0.289. The van der Waals surface area contributed by atoms with Crippen LogP contribution in [0.25, 0.3) is 0 Å². The monoisotopic (exact) mass is 323 g/mol. The Kier molecular flexibility index (Phi) is 5.32. The van der Waals surface area contributed by atoms with Gasteiger partial charge < -0.3 is 5.32 Å². The molecule has 0 radical (unpaired) electrons. The van der Waals surface area contributed by atoms with Gasteiger partial charge in [-0.2, -0.15) is 0 Å². The first-order valence-electron chi connectivity index (χ1n) is 7.57. The van der Waals surface area contributed by atoms with Gasteiger partial charge in [0.05, 0.1) is 0 Å². The summed E-state index contributed by atoms with van der Waals surface area (Å²) in [6.45, 7) is 6.87. The zero-order chi connectivity index (χ0) is 13.8. The molecule has 0 bridgehead atoms. The highest BCUT2D eigenvalue weighted by Crippen LogP contribution is 2.32. The lowest BCUT2D eigenvalue weighted by Gasteiger charge is -2.31. The highest BCUT2D eigenvalue weighted by Gasteiger charge is 2.22. The number of hydrogen-bond acceptors (Lipinski definition) is 1. The molecule has 0 amide bonds. The molecule has 2 heteroatoms. The van der Waals surface area contributed by atoms with Gasteiger partial charge in [0.25, 0.3) is 0 Å². The van der Waals surface area contributed by atoms with E-state index in [-0.39, 0.29) is 0 Å². The minimum Gasteiger partial charge on any atom is -0.382 e. The standard InChI is InChI=1S/C17H26BrN/c1-12(2)9-14-5-4-6-16(10-14)19-17-11-15(18)8-7-13(17)3/h7-8,11-12,14,16,19H,4-6,9-10H2,1-3H3. The molecule has 2 atom stereocenters. The van der Waals surface area contributed by atoms with Crippen molar-refractivity contribution in [1.82, 2.24) is 0 Å². The Hall–Kier alpha value is -0.500. The molecule has 0 saturated heterocycles. The van der Waals surface area contributed by atoms with Gasteiger partial charge in [-0.25, -0.2) is 0 Å². The summed E-state index contributed by atoms with van der Waals surface area (Å²) >= 11 is 3.57. The minimum absolute atomic E-state index is 0.658. The first-order chi connectivity index (χ1) is 9.04. The van der Waals surface area contributed by atoms with E-state index in [4.69, 9.17) is 0 Å². The molecule has 1 nitrogen and oxygen atoms in total. The van der Waals surface area contributed by atoms with Crippen molar-refractivity contribution in [3.63, 3.8) is 0 Å². The fraction of sp³-hybridized carbons (Fsp3) is 0.647. The number of anilines is 1. The number of nitrogens with one attached hydrogen (secondary N) is 1. The lowest BCUT2D eigenvalue weighted by atomic mass is 9.81. The third-order valence-electron chi connectivity index (χ3n) is 4.15. The van der Waals surface area contributed by atoms with Crippen LogP contribution in [0.1, 0.15) is 51.5 Å². The molecule has 1 aromatic carbocycles. The van der Waals surface area contributed by atoms with Gasteiger partial charge in [-0.1, -0.05) is 48.7 Å². The second-order valence-corrected chi connectivity index (χ2v) is 7.38. The van der Waals surface area contributed by atoms with Crippen molar-refractivity contribution in [3.05, 3.63) is 28.2 Å². The molecule has 19 heavy (non-hydrogen) atoms. The Morgan fingerprint density at radius 1 is 1.32 bits per heavy atom. The van der Waals surface area contributed by atoms with Crippen LogP contribution in [-0.2, 0) is 0 Å². The van der Waals surface area contributed by atoms with E-state index >= 15 is 0 Å². The van der Waals surface area contributed by atoms with Crippen molar-refractivity contribution < 1.29 is 0 Å². The quantitative estimate of drug-likeness (QED) is 0.741. The van der Waals surface area contributed by atoms with Gasteiger partial charge in [0, 0.05) is 16.2 Å². The van der Waals surface area contributed by atoms with E-state index < -0.39 is 0 Å². The van der Waals surface area contributed by atoms with E-state index in [1.54, 1.807) is 0 Å². The third kappa shape index (κ3) is 4.52. The topological polar surface area (TPSA) is 12.0 Å². The lowest BCUT2D eigenvalue weighted by Crippen LogP contribution is -2.28. The Labute approximate surface area is 126 Å². The van der Waals surface area contributed by atoms with Crippen molar-refractivity contribution in [2.75, 3.05) is 5.32 Å². The zero-order valence-corrected chi connectivity index (χ0v) is 14.0. The van der Waals surface area contributed by atoms with Gasteiger partial charge in [-0.3, -0.25) is 0 Å². The van der Waals surface area contributed by atoms with Gasteiger partial charge in [0.15, 0.2) is 0 Å². The van der Waals surface area contributed by atoms with Crippen LogP contribution in [0, 0.1) is 18.8 Å². The van der Waals surface area contributed by atoms with Crippen LogP contribution >= 0.6 is 15.9 Å². The van der Waals surface area contributed by atoms with Crippen molar-refractivity contribution >= 4 is 21.6 Å². The molecule has 1 N–H and O–H groups in total. The van der Waals surface area contributed by atoms with Crippen LogP contribution in [-0.4, -0.2) is 6.04 Å². The van der Waals surface area contributed by atoms with Gasteiger partial charge in [-0.05, 0) is 55.7 Å². The number of halogens is 1. The van der Waals surface area contributed by atoms with Crippen LogP contribution in [0.3, 0.4) is 0 Å². The van der Waals surface area contributed by atoms with Gasteiger partial charge >= 0.3 is 0 Å². The summed E-state index contributed by atoms with van der Waals surface area (Å²) in [6.07, 6.45) is 6.84. The fourth-order valence-electron chi connectivity index (χ4n) is 3.27. The maximum atomic E-state index is 3.76. The summed E-state index contributed by atoms with van der Waals surface area (Å²) in [5.74, 6) is 1.75. The molecular formula is C17H26BrN. The molecule has 1 aromatic rings. The highest BCUT2D eigenvalue weighted by atomic mass is 79.9. The molecule has 1 aliphatic carbocycles. The largest absolute Gasteiger partial charge is 0.382 e. The van der Waals surface area contributed by atoms with Crippen molar-refractivity contribution in [2.45, 2.75) is 58.9 Å². The van der Waals surface area contributed by atoms with Crippen LogP contribution in [0.2, 0.25) is 0 Å². The van der Waals surface area contributed by atoms with E-state index in [2.05, 4.69) is 60.2 Å². The molecule has 1 saturated carbocycles. The molecule has 1 aliphatic rings. The second kappa shape index (κ2) is 6.78. The molecule has 0 aromatic heterocycles. The predicted octanol–water partition coefficient (Wildman–Crippen LogP) is 5.77. The number of rotatable bonds is 4. The van der Waals surface area contributed by atoms with E-state index in [1.165, 1.54) is 43.4 Å². The number of aryl methyl sites for hydroxylation is 1. The second-order valence-electron chi connectivity index (χ2n) is 6.46. The Morgan fingerprint density at radius 3 is 2.84 bits per heavy atom. The summed E-state index contributed by atoms with van der Waals surface area (Å²) in [5, 5.41) is 3.76. The number of hydrogen-bond donors (Lipinski definition) is 1. The SMILES string of the molecule is Cc1ccc(Br)cc1NC1CCCC(CC(C)C)C1. The molecule has 2 rings (SSSR count). The van der Waals surface area contributed by atoms with E-state index in [0.29, 0.717) is 6.04 Å². The molecule has 0 spiro atoms. The van der Waals surface area contributed by atoms with Gasteiger partial charge in [0.2, 0.25) is 0 Å². The fourth-order valence-corrected chi connectivity index (χ4v) is 3.63. The van der Waals surface area contributed by atoms with Crippen molar-refractivity contribution in [1.29, 1.82) is 0 Å². The van der Waals surface area contributed by atoms with Crippen molar-refractivity contribution in [3.8, 4) is 0 Å². The maximum Gasteiger partial charge on any atom is 0.0383 e. The Balaban J connectivity index is 1.96. The molecule has 1 fully saturated rings. The molecule has 0 heterocycles. The molecule has 106 valence electrons. The summed E-state index contributed by atoms with van der Waals surface area (Å²) in [4.78, 5) is 0. The third-order valence-corrected chi connectivity index (χ3v) is 4.64. The van der Waals surface area contributed by atoms with Gasteiger partial charge in [-0.15, -0.1) is 0 Å². The van der Waals surface area contributed by atoms with E-state index in [9.17, 15) is 0 Å². The summed E-state index contributed by atoms with van der Waals surface area (Å²) < 4.78 is 1.16. The average Bonchev–Trinajstić information content (AvgIpc) is 2.33. The Morgan fingerprint density at radius 2 is 2.11 bits per heavy atom. The molecular weight excluding hydrogens is 298 g/mol. The molecule has 2 unspecified atom stereocenters. The maximum absolute atomic E-state index is 3.76. The average molecular weight is 324 g/mol. The van der Waals surface area contributed by atoms with E-state index in [0.717, 1.165) is 16.3 Å². The predicted molar refractivity (Wildman–Crippen MR) is 87.7 cm³/mol.